The third-order valence-corrected chi connectivity index (χ3v) is 3.17. The molecule has 2 N–H and O–H groups in total. The van der Waals surface area contributed by atoms with E-state index in [1.54, 1.807) is 0 Å². The van der Waals surface area contributed by atoms with Crippen molar-refractivity contribution in [2.75, 3.05) is 18.8 Å². The van der Waals surface area contributed by atoms with Crippen molar-refractivity contribution < 1.29 is 9.90 Å². The van der Waals surface area contributed by atoms with Crippen LogP contribution in [0.1, 0.15) is 19.8 Å². The fourth-order valence-electron chi connectivity index (χ4n) is 1.27. The number of hydrogen-bond acceptors (Lipinski definition) is 4. The van der Waals surface area contributed by atoms with Gasteiger partial charge in [-0.05, 0) is 25.9 Å². The van der Waals surface area contributed by atoms with E-state index in [-0.39, 0.29) is 5.12 Å². The van der Waals surface area contributed by atoms with Crippen LogP contribution in [0.2, 0.25) is 0 Å². The Morgan fingerprint density at radius 1 is 1.58 bits per heavy atom. The number of thioether (sulfide) groups is 1. The number of carbonyl (C=O) groups excluding carboxylic acids is 1. The number of aliphatic hydroxyl groups is 1. The van der Waals surface area contributed by atoms with Crippen molar-refractivity contribution in [3.05, 3.63) is 0 Å². The van der Waals surface area contributed by atoms with Gasteiger partial charge in [0.1, 0.15) is 0 Å². The zero-order valence-electron chi connectivity index (χ0n) is 7.30. The van der Waals surface area contributed by atoms with E-state index in [9.17, 15) is 9.90 Å². The molecule has 0 saturated carbocycles. The minimum atomic E-state index is -0.610. The first kappa shape index (κ1) is 10.0. The van der Waals surface area contributed by atoms with Crippen LogP contribution in [0.3, 0.4) is 0 Å². The molecular formula is C8H15NO2S. The zero-order valence-corrected chi connectivity index (χ0v) is 8.12. The van der Waals surface area contributed by atoms with Gasteiger partial charge in [0, 0.05) is 12.7 Å². The third-order valence-electron chi connectivity index (χ3n) is 2.08. The molecule has 1 aliphatic heterocycles. The number of carbonyl (C=O) groups is 1. The van der Waals surface area contributed by atoms with Gasteiger partial charge in [-0.25, -0.2) is 0 Å². The normalized spacial score (nSPS) is 22.2. The Morgan fingerprint density at radius 3 is 2.67 bits per heavy atom. The van der Waals surface area contributed by atoms with Crippen molar-refractivity contribution in [3.63, 3.8) is 0 Å². The summed E-state index contributed by atoms with van der Waals surface area (Å²) in [7, 11) is 0. The highest BCUT2D eigenvalue weighted by molar-refractivity contribution is 8.13. The third kappa shape index (κ3) is 3.13. The Bertz CT molecular complexity index is 166. The smallest absolute Gasteiger partial charge is 0.185 e. The largest absolute Gasteiger partial charge is 0.389 e. The lowest BCUT2D eigenvalue weighted by Gasteiger charge is -2.31. The monoisotopic (exact) mass is 189 g/mol. The number of hydrogen-bond donors (Lipinski definition) is 2. The van der Waals surface area contributed by atoms with Crippen LogP contribution in [0.4, 0.5) is 0 Å². The van der Waals surface area contributed by atoms with Crippen molar-refractivity contribution in [1.82, 2.24) is 5.32 Å². The maximum absolute atomic E-state index is 10.7. The Hall–Kier alpha value is -0.0600. The summed E-state index contributed by atoms with van der Waals surface area (Å²) in [5.41, 5.74) is -0.610. The van der Waals surface area contributed by atoms with Gasteiger partial charge in [-0.15, -0.1) is 0 Å². The standard InChI is InChI=1S/C8H15NO2S/c1-7(10)12-6-8(11)2-4-9-5-3-8/h9,11H,2-6H2,1H3. The molecule has 4 heteroatoms. The molecule has 1 saturated heterocycles. The lowest BCUT2D eigenvalue weighted by Crippen LogP contribution is -2.43. The molecule has 0 aromatic rings. The molecule has 0 unspecified atom stereocenters. The van der Waals surface area contributed by atoms with Crippen LogP contribution in [-0.2, 0) is 4.79 Å². The van der Waals surface area contributed by atoms with E-state index >= 15 is 0 Å². The van der Waals surface area contributed by atoms with Crippen LogP contribution < -0.4 is 5.32 Å². The van der Waals surface area contributed by atoms with Gasteiger partial charge in [0.15, 0.2) is 5.12 Å². The molecule has 3 nitrogen and oxygen atoms in total. The van der Waals surface area contributed by atoms with Crippen molar-refractivity contribution >= 4 is 16.9 Å². The van der Waals surface area contributed by atoms with Gasteiger partial charge in [0.25, 0.3) is 0 Å². The zero-order chi connectivity index (χ0) is 9.03. The molecule has 0 aromatic carbocycles. The van der Waals surface area contributed by atoms with E-state index < -0.39 is 5.60 Å². The maximum atomic E-state index is 10.7. The summed E-state index contributed by atoms with van der Waals surface area (Å²) >= 11 is 1.22. The molecule has 0 aromatic heterocycles. The van der Waals surface area contributed by atoms with Crippen molar-refractivity contribution in [1.29, 1.82) is 0 Å². The molecule has 0 amide bonds. The summed E-state index contributed by atoms with van der Waals surface area (Å²) < 4.78 is 0. The molecular weight excluding hydrogens is 174 g/mol. The maximum Gasteiger partial charge on any atom is 0.185 e. The summed E-state index contributed by atoms with van der Waals surface area (Å²) in [5, 5.41) is 13.2. The summed E-state index contributed by atoms with van der Waals surface area (Å²) in [6.45, 7) is 3.25. The lowest BCUT2D eigenvalue weighted by molar-refractivity contribution is -0.109. The predicted octanol–water partition coefficient (Wildman–Crippen LogP) is 0.381. The number of piperidine rings is 1. The van der Waals surface area contributed by atoms with E-state index in [4.69, 9.17) is 0 Å². The highest BCUT2D eigenvalue weighted by atomic mass is 32.2. The fourth-order valence-corrected chi connectivity index (χ4v) is 2.03. The van der Waals surface area contributed by atoms with Crippen molar-refractivity contribution in [2.45, 2.75) is 25.4 Å². The van der Waals surface area contributed by atoms with E-state index in [1.165, 1.54) is 18.7 Å². The molecule has 0 aliphatic carbocycles. The second kappa shape index (κ2) is 4.25. The van der Waals surface area contributed by atoms with Gasteiger partial charge in [0.2, 0.25) is 0 Å². The fraction of sp³-hybridized carbons (Fsp3) is 0.875. The van der Waals surface area contributed by atoms with Crippen LogP contribution in [0.15, 0.2) is 0 Å². The highest BCUT2D eigenvalue weighted by Gasteiger charge is 2.29. The van der Waals surface area contributed by atoms with Gasteiger partial charge in [-0.2, -0.15) is 0 Å². The van der Waals surface area contributed by atoms with Crippen LogP contribution in [0.25, 0.3) is 0 Å². The van der Waals surface area contributed by atoms with Gasteiger partial charge < -0.3 is 10.4 Å². The Balaban J connectivity index is 2.31. The highest BCUT2D eigenvalue weighted by Crippen LogP contribution is 2.23. The van der Waals surface area contributed by atoms with Crippen LogP contribution in [-0.4, -0.2) is 34.7 Å². The van der Waals surface area contributed by atoms with Crippen molar-refractivity contribution in [2.24, 2.45) is 0 Å². The first-order chi connectivity index (χ1) is 5.62. The molecule has 0 bridgehead atoms. The van der Waals surface area contributed by atoms with Gasteiger partial charge in [0.05, 0.1) is 5.60 Å². The molecule has 0 atom stereocenters. The Kier molecular flexibility index (Phi) is 3.55. The second-order valence-corrected chi connectivity index (χ2v) is 4.41. The molecule has 70 valence electrons. The van der Waals surface area contributed by atoms with Crippen LogP contribution in [0.5, 0.6) is 0 Å². The Morgan fingerprint density at radius 2 is 2.17 bits per heavy atom. The minimum absolute atomic E-state index is 0.0851. The van der Waals surface area contributed by atoms with Gasteiger partial charge in [-0.3, -0.25) is 4.79 Å². The van der Waals surface area contributed by atoms with E-state index in [1.807, 2.05) is 0 Å². The van der Waals surface area contributed by atoms with E-state index in [0.29, 0.717) is 5.75 Å². The quantitative estimate of drug-likeness (QED) is 0.659. The van der Waals surface area contributed by atoms with E-state index in [2.05, 4.69) is 5.32 Å². The first-order valence-corrected chi connectivity index (χ1v) is 5.17. The van der Waals surface area contributed by atoms with E-state index in [0.717, 1.165) is 25.9 Å². The average molecular weight is 189 g/mol. The van der Waals surface area contributed by atoms with Crippen LogP contribution >= 0.6 is 11.8 Å². The molecule has 0 radical (unpaired) electrons. The number of nitrogens with one attached hydrogen (secondary N) is 1. The summed E-state index contributed by atoms with van der Waals surface area (Å²) in [6, 6.07) is 0. The topological polar surface area (TPSA) is 49.3 Å². The molecule has 12 heavy (non-hydrogen) atoms. The molecule has 1 aliphatic rings. The van der Waals surface area contributed by atoms with Gasteiger partial charge >= 0.3 is 0 Å². The number of rotatable bonds is 2. The summed E-state index contributed by atoms with van der Waals surface area (Å²) in [4.78, 5) is 10.7. The molecule has 0 spiro atoms. The summed E-state index contributed by atoms with van der Waals surface area (Å²) in [5.74, 6) is 0.546. The minimum Gasteiger partial charge on any atom is -0.389 e. The molecule has 1 rings (SSSR count). The molecule has 1 fully saturated rings. The lowest BCUT2D eigenvalue weighted by atomic mass is 9.95. The summed E-state index contributed by atoms with van der Waals surface area (Å²) in [6.07, 6.45) is 1.51. The Labute approximate surface area is 76.9 Å². The van der Waals surface area contributed by atoms with Crippen LogP contribution in [0, 0.1) is 0 Å². The first-order valence-electron chi connectivity index (χ1n) is 4.19. The second-order valence-electron chi connectivity index (χ2n) is 3.25. The van der Waals surface area contributed by atoms with Crippen molar-refractivity contribution in [3.8, 4) is 0 Å². The average Bonchev–Trinajstić information content (AvgIpc) is 2.03. The van der Waals surface area contributed by atoms with Gasteiger partial charge in [-0.1, -0.05) is 11.8 Å². The SMILES string of the molecule is CC(=O)SCC1(O)CCNCC1. The predicted molar refractivity (Wildman–Crippen MR) is 50.2 cm³/mol. The molecule has 1 heterocycles.